The van der Waals surface area contributed by atoms with Gasteiger partial charge >= 0.3 is 5.97 Å². The summed E-state index contributed by atoms with van der Waals surface area (Å²) in [5.74, 6) is -0.665. The fourth-order valence-corrected chi connectivity index (χ4v) is 5.57. The highest BCUT2D eigenvalue weighted by molar-refractivity contribution is 5.65. The van der Waals surface area contributed by atoms with Crippen molar-refractivity contribution in [3.05, 3.63) is 0 Å². The molecule has 46 heavy (non-hydrogen) atoms. The molecule has 2 aliphatic heterocycles. The van der Waals surface area contributed by atoms with Gasteiger partial charge in [0.15, 0.2) is 12.6 Å². The summed E-state index contributed by atoms with van der Waals surface area (Å²) in [6, 6.07) is 0. The third-order valence-electron chi connectivity index (χ3n) is 8.39. The highest BCUT2D eigenvalue weighted by atomic mass is 16.7. The van der Waals surface area contributed by atoms with Gasteiger partial charge in [0.25, 0.3) is 0 Å². The van der Waals surface area contributed by atoms with E-state index in [0.29, 0.717) is 6.61 Å². The zero-order valence-corrected chi connectivity index (χ0v) is 27.6. The van der Waals surface area contributed by atoms with E-state index in [2.05, 4.69) is 6.92 Å². The Kier molecular flexibility index (Phi) is 20.9. The fraction of sp³-hybridized carbons (Fsp3) is 0.969. The average molecular weight is 669 g/mol. The Balaban J connectivity index is 1.68. The van der Waals surface area contributed by atoms with Crippen LogP contribution in [-0.2, 0) is 33.2 Å². The van der Waals surface area contributed by atoms with Crippen molar-refractivity contribution < 1.29 is 69.0 Å². The van der Waals surface area contributed by atoms with Crippen molar-refractivity contribution in [3.8, 4) is 0 Å². The zero-order chi connectivity index (χ0) is 33.9. The number of hydrogen-bond acceptors (Lipinski definition) is 14. The molecule has 2 fully saturated rings. The first-order valence-electron chi connectivity index (χ1n) is 17.1. The van der Waals surface area contributed by atoms with Crippen LogP contribution in [-0.4, -0.2) is 142 Å². The molecule has 272 valence electrons. The molecule has 2 heterocycles. The number of aliphatic hydroxyl groups is 7. The van der Waals surface area contributed by atoms with E-state index in [1.54, 1.807) is 0 Å². The molecule has 0 spiro atoms. The molecule has 2 rings (SSSR count). The van der Waals surface area contributed by atoms with Crippen LogP contribution in [0.4, 0.5) is 0 Å². The standard InChI is InChI=1S/C32H60O14/c1-3-4-5-6-7-8-9-10-11-12-13-14-15-16-41-18-22(35)19-43-31-29(40)30(26(37)23(17-33)44-31)46-32-28(39)27(38)25(36)24(45-32)20-42-21(2)34/h22-33,35-40H,3-20H2,1-2H3. The monoisotopic (exact) mass is 668 g/mol. The second kappa shape index (κ2) is 23.4. The predicted molar refractivity (Wildman–Crippen MR) is 164 cm³/mol. The fourth-order valence-electron chi connectivity index (χ4n) is 5.57. The number of carbonyl (C=O) groups is 1. The summed E-state index contributed by atoms with van der Waals surface area (Å²) in [5.41, 5.74) is 0. The molecule has 0 radical (unpaired) electrons. The molecular weight excluding hydrogens is 608 g/mol. The highest BCUT2D eigenvalue weighted by Crippen LogP contribution is 2.30. The molecule has 0 aromatic carbocycles. The summed E-state index contributed by atoms with van der Waals surface area (Å²) in [6.45, 7) is 2.45. The number of ether oxygens (including phenoxy) is 6. The topological polar surface area (TPSA) is 214 Å². The quantitative estimate of drug-likeness (QED) is 0.0556. The summed E-state index contributed by atoms with van der Waals surface area (Å²) in [6.07, 6.45) is -0.503. The summed E-state index contributed by atoms with van der Waals surface area (Å²) in [5, 5.41) is 72.4. The second-order valence-electron chi connectivity index (χ2n) is 12.4. The first-order chi connectivity index (χ1) is 22.1. The van der Waals surface area contributed by atoms with Gasteiger partial charge in [-0.3, -0.25) is 4.79 Å². The van der Waals surface area contributed by atoms with Crippen molar-refractivity contribution in [1.82, 2.24) is 0 Å². The molecule has 0 aliphatic carbocycles. The minimum absolute atomic E-state index is 0.000896. The van der Waals surface area contributed by atoms with E-state index in [1.165, 1.54) is 64.2 Å². The van der Waals surface area contributed by atoms with Gasteiger partial charge in [-0.25, -0.2) is 0 Å². The van der Waals surface area contributed by atoms with Crippen molar-refractivity contribution in [3.63, 3.8) is 0 Å². The molecule has 2 saturated heterocycles. The summed E-state index contributed by atoms with van der Waals surface area (Å²) < 4.78 is 32.5. The highest BCUT2D eigenvalue weighted by Gasteiger charge is 2.51. The number of unbranched alkanes of at least 4 members (excludes halogenated alkanes) is 12. The Bertz CT molecular complexity index is 790. The van der Waals surface area contributed by atoms with E-state index in [4.69, 9.17) is 28.4 Å². The van der Waals surface area contributed by atoms with Crippen molar-refractivity contribution in [2.75, 3.05) is 33.0 Å². The number of aliphatic hydroxyl groups excluding tert-OH is 7. The van der Waals surface area contributed by atoms with E-state index in [-0.39, 0.29) is 13.2 Å². The second-order valence-corrected chi connectivity index (χ2v) is 12.4. The van der Waals surface area contributed by atoms with E-state index in [0.717, 1.165) is 26.2 Å². The van der Waals surface area contributed by atoms with Crippen LogP contribution >= 0.6 is 0 Å². The van der Waals surface area contributed by atoms with Gasteiger partial charge in [0.2, 0.25) is 0 Å². The normalized spacial score (nSPS) is 32.4. The molecule has 0 aromatic rings. The summed E-state index contributed by atoms with van der Waals surface area (Å²) in [4.78, 5) is 11.2. The molecule has 7 N–H and O–H groups in total. The van der Waals surface area contributed by atoms with E-state index in [9.17, 15) is 40.5 Å². The van der Waals surface area contributed by atoms with Crippen LogP contribution in [0.3, 0.4) is 0 Å². The lowest BCUT2D eigenvalue weighted by Gasteiger charge is -2.46. The predicted octanol–water partition coefficient (Wildman–Crippen LogP) is 0.667. The van der Waals surface area contributed by atoms with Crippen LogP contribution < -0.4 is 0 Å². The van der Waals surface area contributed by atoms with Crippen LogP contribution in [0, 0.1) is 0 Å². The average Bonchev–Trinajstić information content (AvgIpc) is 3.03. The molecule has 0 saturated carbocycles. The van der Waals surface area contributed by atoms with E-state index >= 15 is 0 Å². The van der Waals surface area contributed by atoms with Gasteiger partial charge in [-0.2, -0.15) is 0 Å². The summed E-state index contributed by atoms with van der Waals surface area (Å²) in [7, 11) is 0. The molecule has 14 nitrogen and oxygen atoms in total. The molecule has 2 aliphatic rings. The Morgan fingerprint density at radius 1 is 0.696 bits per heavy atom. The third kappa shape index (κ3) is 14.6. The van der Waals surface area contributed by atoms with Crippen LogP contribution in [0.15, 0.2) is 0 Å². The maximum Gasteiger partial charge on any atom is 0.302 e. The van der Waals surface area contributed by atoms with Gasteiger partial charge in [-0.1, -0.05) is 84.0 Å². The van der Waals surface area contributed by atoms with Crippen molar-refractivity contribution in [2.24, 2.45) is 0 Å². The molecule has 14 heteroatoms. The van der Waals surface area contributed by atoms with Crippen molar-refractivity contribution in [2.45, 2.75) is 165 Å². The maximum absolute atomic E-state index is 11.2. The Labute approximate surface area is 272 Å². The maximum atomic E-state index is 11.2. The number of carbonyl (C=O) groups excluding carboxylic acids is 1. The lowest BCUT2D eigenvalue weighted by atomic mass is 9.97. The van der Waals surface area contributed by atoms with E-state index < -0.39 is 86.7 Å². The van der Waals surface area contributed by atoms with Crippen LogP contribution in [0.25, 0.3) is 0 Å². The van der Waals surface area contributed by atoms with E-state index in [1.807, 2.05) is 0 Å². The third-order valence-corrected chi connectivity index (χ3v) is 8.39. The first-order valence-corrected chi connectivity index (χ1v) is 17.1. The lowest BCUT2D eigenvalue weighted by molar-refractivity contribution is -0.361. The zero-order valence-electron chi connectivity index (χ0n) is 27.6. The van der Waals surface area contributed by atoms with Gasteiger partial charge in [0.1, 0.15) is 61.5 Å². The van der Waals surface area contributed by atoms with Gasteiger partial charge < -0.3 is 64.2 Å². The van der Waals surface area contributed by atoms with Crippen LogP contribution in [0.1, 0.15) is 97.3 Å². The number of esters is 1. The Morgan fingerprint density at radius 2 is 1.26 bits per heavy atom. The molecule has 0 aromatic heterocycles. The Hall–Kier alpha value is -1.01. The lowest BCUT2D eigenvalue weighted by Crippen LogP contribution is -2.65. The van der Waals surface area contributed by atoms with Gasteiger partial charge in [-0.15, -0.1) is 0 Å². The SMILES string of the molecule is CCCCCCCCCCCCCCCOCC(O)COC1OC(CO)C(O)C(OC2OC(COC(C)=O)C(O)C(O)C2O)C1O. The van der Waals surface area contributed by atoms with Gasteiger partial charge in [0.05, 0.1) is 19.8 Å². The molecule has 0 amide bonds. The van der Waals surface area contributed by atoms with Crippen LogP contribution in [0.5, 0.6) is 0 Å². The minimum atomic E-state index is -1.80. The number of rotatable bonds is 24. The smallest absolute Gasteiger partial charge is 0.302 e. The first kappa shape index (κ1) is 41.2. The molecule has 0 bridgehead atoms. The molecule has 11 unspecified atom stereocenters. The van der Waals surface area contributed by atoms with Crippen molar-refractivity contribution >= 4 is 5.97 Å². The Morgan fingerprint density at radius 3 is 1.83 bits per heavy atom. The largest absolute Gasteiger partial charge is 0.463 e. The molecule has 11 atom stereocenters. The molecular formula is C32H60O14. The van der Waals surface area contributed by atoms with Gasteiger partial charge in [-0.05, 0) is 6.42 Å². The minimum Gasteiger partial charge on any atom is -0.463 e. The van der Waals surface area contributed by atoms with Crippen LogP contribution in [0.2, 0.25) is 0 Å². The summed E-state index contributed by atoms with van der Waals surface area (Å²) >= 11 is 0. The number of hydrogen-bond donors (Lipinski definition) is 7. The van der Waals surface area contributed by atoms with Crippen molar-refractivity contribution in [1.29, 1.82) is 0 Å². The van der Waals surface area contributed by atoms with Gasteiger partial charge in [0, 0.05) is 13.5 Å².